The van der Waals surface area contributed by atoms with Crippen LogP contribution >= 0.6 is 0 Å². The largest absolute Gasteiger partial charge is 0.368 e. The second-order valence-electron chi connectivity index (χ2n) is 3.88. The Morgan fingerprint density at radius 2 is 2.18 bits per heavy atom. The predicted octanol–water partition coefficient (Wildman–Crippen LogP) is 0.379. The van der Waals surface area contributed by atoms with Gasteiger partial charge in [-0.1, -0.05) is 13.3 Å². The summed E-state index contributed by atoms with van der Waals surface area (Å²) in [6, 6.07) is -0.444. The highest BCUT2D eigenvalue weighted by molar-refractivity contribution is 5.79. The van der Waals surface area contributed by atoms with Crippen LogP contribution in [0.25, 0.3) is 0 Å². The van der Waals surface area contributed by atoms with Crippen molar-refractivity contribution in [2.24, 2.45) is 16.9 Å². The van der Waals surface area contributed by atoms with Crippen molar-refractivity contribution in [3.8, 4) is 0 Å². The molecule has 1 saturated carbocycles. The molecule has 1 unspecified atom stereocenters. The summed E-state index contributed by atoms with van der Waals surface area (Å²) in [5, 5.41) is 0. The first-order valence-electron chi connectivity index (χ1n) is 4.08. The van der Waals surface area contributed by atoms with Crippen LogP contribution in [0.1, 0.15) is 32.6 Å². The molecule has 1 atom stereocenters. The van der Waals surface area contributed by atoms with Gasteiger partial charge in [-0.05, 0) is 24.7 Å². The molecule has 3 heteroatoms. The third-order valence-electron chi connectivity index (χ3n) is 2.64. The smallest absolute Gasteiger partial charge is 0.234 e. The van der Waals surface area contributed by atoms with E-state index in [1.807, 2.05) is 0 Å². The summed E-state index contributed by atoms with van der Waals surface area (Å²) in [7, 11) is 0. The molecule has 0 heterocycles. The highest BCUT2D eigenvalue weighted by Gasteiger charge is 2.34. The van der Waals surface area contributed by atoms with Crippen LogP contribution in [-0.2, 0) is 4.79 Å². The summed E-state index contributed by atoms with van der Waals surface area (Å²) in [5.41, 5.74) is 10.9. The van der Waals surface area contributed by atoms with E-state index in [1.165, 1.54) is 19.3 Å². The fraction of sp³-hybridized carbons (Fsp3) is 0.875. The molecule has 1 aliphatic rings. The number of carbonyl (C=O) groups excluding carboxylic acids is 1. The molecule has 11 heavy (non-hydrogen) atoms. The van der Waals surface area contributed by atoms with Crippen molar-refractivity contribution in [2.75, 3.05) is 0 Å². The SMILES string of the molecule is CC1(CC(N)C(N)=O)CCC1. The van der Waals surface area contributed by atoms with Crippen molar-refractivity contribution >= 4 is 5.91 Å². The van der Waals surface area contributed by atoms with Gasteiger partial charge in [-0.2, -0.15) is 0 Å². The number of amides is 1. The molecule has 64 valence electrons. The van der Waals surface area contributed by atoms with Gasteiger partial charge in [-0.3, -0.25) is 4.79 Å². The Bertz CT molecular complexity index is 163. The molecule has 0 bridgehead atoms. The van der Waals surface area contributed by atoms with Crippen LogP contribution in [0.15, 0.2) is 0 Å². The lowest BCUT2D eigenvalue weighted by atomic mass is 9.67. The van der Waals surface area contributed by atoms with Gasteiger partial charge in [0.05, 0.1) is 6.04 Å². The first-order chi connectivity index (χ1) is 5.03. The molecule has 0 aliphatic heterocycles. The molecule has 0 aromatic rings. The van der Waals surface area contributed by atoms with E-state index < -0.39 is 6.04 Å². The van der Waals surface area contributed by atoms with Gasteiger partial charge in [-0.15, -0.1) is 0 Å². The van der Waals surface area contributed by atoms with Crippen molar-refractivity contribution < 1.29 is 4.79 Å². The first kappa shape index (κ1) is 8.53. The summed E-state index contributed by atoms with van der Waals surface area (Å²) in [6.07, 6.45) is 4.40. The van der Waals surface area contributed by atoms with Crippen LogP contribution in [0.3, 0.4) is 0 Å². The molecule has 1 amide bonds. The lowest BCUT2D eigenvalue weighted by molar-refractivity contribution is -0.120. The van der Waals surface area contributed by atoms with E-state index >= 15 is 0 Å². The lowest BCUT2D eigenvalue weighted by Crippen LogP contribution is -2.42. The average molecular weight is 156 g/mol. The van der Waals surface area contributed by atoms with Gasteiger partial charge in [0.15, 0.2) is 0 Å². The minimum Gasteiger partial charge on any atom is -0.368 e. The number of hydrogen-bond donors (Lipinski definition) is 2. The minimum absolute atomic E-state index is 0.300. The van der Waals surface area contributed by atoms with Crippen LogP contribution in [0.4, 0.5) is 0 Å². The number of nitrogens with two attached hydrogens (primary N) is 2. The van der Waals surface area contributed by atoms with Crippen molar-refractivity contribution in [3.05, 3.63) is 0 Å². The van der Waals surface area contributed by atoms with Crippen LogP contribution in [0.2, 0.25) is 0 Å². The number of hydrogen-bond acceptors (Lipinski definition) is 2. The maximum atomic E-state index is 10.6. The molecule has 0 aromatic carbocycles. The zero-order valence-electron chi connectivity index (χ0n) is 6.97. The number of rotatable bonds is 3. The monoisotopic (exact) mass is 156 g/mol. The van der Waals surface area contributed by atoms with Crippen LogP contribution in [-0.4, -0.2) is 11.9 Å². The summed E-state index contributed by atoms with van der Waals surface area (Å²) < 4.78 is 0. The Kier molecular flexibility index (Phi) is 2.18. The highest BCUT2D eigenvalue weighted by Crippen LogP contribution is 2.43. The van der Waals surface area contributed by atoms with Gasteiger partial charge in [0, 0.05) is 0 Å². The van der Waals surface area contributed by atoms with E-state index in [-0.39, 0.29) is 5.91 Å². The third kappa shape index (κ3) is 1.93. The van der Waals surface area contributed by atoms with Crippen LogP contribution in [0, 0.1) is 5.41 Å². The predicted molar refractivity (Wildman–Crippen MR) is 43.7 cm³/mol. The normalized spacial score (nSPS) is 23.8. The minimum atomic E-state index is -0.444. The standard InChI is InChI=1S/C8H16N2O/c1-8(3-2-4-8)5-6(9)7(10)11/h6H,2-5,9H2,1H3,(H2,10,11). The molecule has 1 fully saturated rings. The van der Waals surface area contributed by atoms with Gasteiger partial charge in [-0.25, -0.2) is 0 Å². The quantitative estimate of drug-likeness (QED) is 0.620. The van der Waals surface area contributed by atoms with E-state index in [9.17, 15) is 4.79 Å². The van der Waals surface area contributed by atoms with Crippen LogP contribution in [0.5, 0.6) is 0 Å². The average Bonchev–Trinajstić information content (AvgIpc) is 1.84. The summed E-state index contributed by atoms with van der Waals surface area (Å²) in [5.74, 6) is -0.377. The Morgan fingerprint density at radius 1 is 1.64 bits per heavy atom. The molecule has 0 spiro atoms. The van der Waals surface area contributed by atoms with Gasteiger partial charge >= 0.3 is 0 Å². The maximum Gasteiger partial charge on any atom is 0.234 e. The van der Waals surface area contributed by atoms with Crippen molar-refractivity contribution in [3.63, 3.8) is 0 Å². The Balaban J connectivity index is 2.35. The van der Waals surface area contributed by atoms with Crippen molar-refractivity contribution in [1.29, 1.82) is 0 Å². The fourth-order valence-electron chi connectivity index (χ4n) is 1.62. The zero-order valence-corrected chi connectivity index (χ0v) is 6.97. The molecule has 4 N–H and O–H groups in total. The van der Waals surface area contributed by atoms with E-state index in [1.54, 1.807) is 0 Å². The molecular formula is C8H16N2O. The molecule has 0 aromatic heterocycles. The summed E-state index contributed by atoms with van der Waals surface area (Å²) >= 11 is 0. The first-order valence-corrected chi connectivity index (χ1v) is 4.08. The Hall–Kier alpha value is -0.570. The van der Waals surface area contributed by atoms with E-state index in [0.717, 1.165) is 6.42 Å². The topological polar surface area (TPSA) is 69.1 Å². The molecule has 0 radical (unpaired) electrons. The Labute approximate surface area is 67.1 Å². The molecule has 0 saturated heterocycles. The van der Waals surface area contributed by atoms with E-state index in [4.69, 9.17) is 11.5 Å². The highest BCUT2D eigenvalue weighted by atomic mass is 16.1. The second kappa shape index (κ2) is 2.81. The van der Waals surface area contributed by atoms with Gasteiger partial charge in [0.1, 0.15) is 0 Å². The fourth-order valence-corrected chi connectivity index (χ4v) is 1.62. The van der Waals surface area contributed by atoms with Gasteiger partial charge in [0.2, 0.25) is 5.91 Å². The number of carbonyl (C=O) groups is 1. The van der Waals surface area contributed by atoms with Crippen molar-refractivity contribution in [2.45, 2.75) is 38.6 Å². The Morgan fingerprint density at radius 3 is 2.45 bits per heavy atom. The van der Waals surface area contributed by atoms with E-state index in [2.05, 4.69) is 6.92 Å². The molecular weight excluding hydrogens is 140 g/mol. The second-order valence-corrected chi connectivity index (χ2v) is 3.88. The number of primary amides is 1. The third-order valence-corrected chi connectivity index (χ3v) is 2.64. The van der Waals surface area contributed by atoms with Crippen molar-refractivity contribution in [1.82, 2.24) is 0 Å². The summed E-state index contributed by atoms with van der Waals surface area (Å²) in [6.45, 7) is 2.17. The maximum absolute atomic E-state index is 10.6. The van der Waals surface area contributed by atoms with Gasteiger partial charge < -0.3 is 11.5 Å². The molecule has 1 aliphatic carbocycles. The van der Waals surface area contributed by atoms with Crippen LogP contribution < -0.4 is 11.5 Å². The van der Waals surface area contributed by atoms with E-state index in [0.29, 0.717) is 5.41 Å². The molecule has 1 rings (SSSR count). The summed E-state index contributed by atoms with van der Waals surface area (Å²) in [4.78, 5) is 10.6. The zero-order chi connectivity index (χ0) is 8.48. The lowest BCUT2D eigenvalue weighted by Gasteiger charge is -2.39. The molecule has 3 nitrogen and oxygen atoms in total. The van der Waals surface area contributed by atoms with Gasteiger partial charge in [0.25, 0.3) is 0 Å².